The minimum absolute atomic E-state index is 0.480. The minimum atomic E-state index is -0.807. The third-order valence-corrected chi connectivity index (χ3v) is 2.12. The molecule has 0 aliphatic carbocycles. The number of carboxylic acids is 1. The van der Waals surface area contributed by atoms with Crippen molar-refractivity contribution in [2.24, 2.45) is 0 Å². The smallest absolute Gasteiger partial charge is 0.331 e. The Hall–Kier alpha value is -0.830. The Morgan fingerprint density at radius 1 is 1.23 bits per heavy atom. The molecule has 0 bridgehead atoms. The molecule has 0 spiro atoms. The maximum absolute atomic E-state index is 10.6. The van der Waals surface area contributed by atoms with Gasteiger partial charge in [0, 0.05) is 12.0 Å². The highest BCUT2D eigenvalue weighted by molar-refractivity contribution is 5.86. The molecule has 0 saturated carbocycles. The first-order chi connectivity index (χ1) is 5.74. The van der Waals surface area contributed by atoms with Crippen LogP contribution < -0.4 is 0 Å². The number of carbonyl (C=O) groups is 1. The van der Waals surface area contributed by atoms with Gasteiger partial charge in [-0.15, -0.1) is 0 Å². The third kappa shape index (κ3) is 5.42. The fourth-order valence-electron chi connectivity index (χ4n) is 0.873. The maximum Gasteiger partial charge on any atom is 0.331 e. The first kappa shape index (κ1) is 12.2. The zero-order chi connectivity index (χ0) is 10.6. The van der Waals surface area contributed by atoms with Crippen molar-refractivity contribution in [3.05, 3.63) is 11.1 Å². The summed E-state index contributed by atoms with van der Waals surface area (Å²) in [5.74, 6) is -0.807. The SMILES string of the molecule is CC(CC[N+](C)(C)C)=C(C)C(=O)O. The van der Waals surface area contributed by atoms with Gasteiger partial charge in [0.05, 0.1) is 27.7 Å². The van der Waals surface area contributed by atoms with Gasteiger partial charge >= 0.3 is 5.97 Å². The second kappa shape index (κ2) is 4.42. The Morgan fingerprint density at radius 3 is 2.00 bits per heavy atom. The number of rotatable bonds is 4. The third-order valence-electron chi connectivity index (χ3n) is 2.12. The molecule has 13 heavy (non-hydrogen) atoms. The predicted octanol–water partition coefficient (Wildman–Crippen LogP) is 1.50. The summed E-state index contributed by atoms with van der Waals surface area (Å²) in [4.78, 5) is 10.6. The van der Waals surface area contributed by atoms with E-state index in [1.807, 2.05) is 6.92 Å². The first-order valence-corrected chi connectivity index (χ1v) is 4.44. The van der Waals surface area contributed by atoms with Gasteiger partial charge in [0.2, 0.25) is 0 Å². The first-order valence-electron chi connectivity index (χ1n) is 4.44. The molecule has 76 valence electrons. The zero-order valence-corrected chi connectivity index (χ0v) is 9.22. The average Bonchev–Trinajstić information content (AvgIpc) is 1.97. The van der Waals surface area contributed by atoms with E-state index < -0.39 is 5.97 Å². The second-order valence-corrected chi connectivity index (χ2v) is 4.47. The normalized spacial score (nSPS) is 13.9. The highest BCUT2D eigenvalue weighted by atomic mass is 16.4. The van der Waals surface area contributed by atoms with Gasteiger partial charge in [-0.1, -0.05) is 5.57 Å². The number of hydrogen-bond acceptors (Lipinski definition) is 1. The molecule has 0 aliphatic rings. The van der Waals surface area contributed by atoms with Crippen molar-refractivity contribution < 1.29 is 14.4 Å². The van der Waals surface area contributed by atoms with Crippen molar-refractivity contribution >= 4 is 5.97 Å². The number of aliphatic carboxylic acids is 1. The van der Waals surface area contributed by atoms with E-state index in [1.54, 1.807) is 6.92 Å². The van der Waals surface area contributed by atoms with Crippen LogP contribution in [0.2, 0.25) is 0 Å². The van der Waals surface area contributed by atoms with Gasteiger partial charge in [0.15, 0.2) is 0 Å². The molecular formula is C10H20NO2+. The van der Waals surface area contributed by atoms with E-state index in [-0.39, 0.29) is 0 Å². The number of quaternary nitrogens is 1. The van der Waals surface area contributed by atoms with Crippen molar-refractivity contribution in [2.45, 2.75) is 20.3 Å². The van der Waals surface area contributed by atoms with Gasteiger partial charge in [-0.25, -0.2) is 4.79 Å². The Kier molecular flexibility index (Phi) is 4.14. The lowest BCUT2D eigenvalue weighted by atomic mass is 10.1. The Balaban J connectivity index is 4.23. The molecule has 0 unspecified atom stereocenters. The molecular weight excluding hydrogens is 166 g/mol. The van der Waals surface area contributed by atoms with E-state index in [1.165, 1.54) is 0 Å². The van der Waals surface area contributed by atoms with Crippen LogP contribution in [0.4, 0.5) is 0 Å². The van der Waals surface area contributed by atoms with Crippen LogP contribution in [0, 0.1) is 0 Å². The number of nitrogens with zero attached hydrogens (tertiary/aromatic N) is 1. The van der Waals surface area contributed by atoms with E-state index in [4.69, 9.17) is 5.11 Å². The molecule has 1 N–H and O–H groups in total. The average molecular weight is 186 g/mol. The molecule has 3 heteroatoms. The number of carboxylic acid groups (broad SMARTS) is 1. The molecule has 0 rings (SSSR count). The van der Waals surface area contributed by atoms with Crippen LogP contribution >= 0.6 is 0 Å². The zero-order valence-electron chi connectivity index (χ0n) is 9.22. The van der Waals surface area contributed by atoms with E-state index in [0.717, 1.165) is 23.0 Å². The molecule has 0 saturated heterocycles. The van der Waals surface area contributed by atoms with E-state index >= 15 is 0 Å². The van der Waals surface area contributed by atoms with Crippen LogP contribution in [0.1, 0.15) is 20.3 Å². The second-order valence-electron chi connectivity index (χ2n) is 4.47. The van der Waals surface area contributed by atoms with E-state index in [9.17, 15) is 4.79 Å². The van der Waals surface area contributed by atoms with Gasteiger partial charge in [-0.05, 0) is 13.8 Å². The predicted molar refractivity (Wildman–Crippen MR) is 53.5 cm³/mol. The summed E-state index contributed by atoms with van der Waals surface area (Å²) < 4.78 is 0.865. The Labute approximate surface area is 80.3 Å². The van der Waals surface area contributed by atoms with Crippen LogP contribution in [-0.4, -0.2) is 43.2 Å². The molecule has 0 radical (unpaired) electrons. The molecule has 0 aliphatic heterocycles. The largest absolute Gasteiger partial charge is 0.478 e. The topological polar surface area (TPSA) is 37.3 Å². The molecule has 0 amide bonds. The highest BCUT2D eigenvalue weighted by Gasteiger charge is 2.10. The summed E-state index contributed by atoms with van der Waals surface area (Å²) >= 11 is 0. The molecule has 0 atom stereocenters. The molecule has 0 aromatic heterocycles. The van der Waals surface area contributed by atoms with Crippen LogP contribution in [0.25, 0.3) is 0 Å². The lowest BCUT2D eigenvalue weighted by Gasteiger charge is -2.24. The van der Waals surface area contributed by atoms with E-state index in [2.05, 4.69) is 21.1 Å². The Bertz CT molecular complexity index is 224. The van der Waals surface area contributed by atoms with Crippen molar-refractivity contribution in [1.82, 2.24) is 0 Å². The van der Waals surface area contributed by atoms with Crippen LogP contribution in [0.5, 0.6) is 0 Å². The van der Waals surface area contributed by atoms with Gasteiger partial charge < -0.3 is 9.59 Å². The monoisotopic (exact) mass is 186 g/mol. The summed E-state index contributed by atoms with van der Waals surface area (Å²) in [6.45, 7) is 4.52. The maximum atomic E-state index is 10.6. The van der Waals surface area contributed by atoms with Gasteiger partial charge in [-0.2, -0.15) is 0 Å². The van der Waals surface area contributed by atoms with Crippen molar-refractivity contribution in [3.63, 3.8) is 0 Å². The summed E-state index contributed by atoms with van der Waals surface area (Å²) in [6, 6.07) is 0. The van der Waals surface area contributed by atoms with Gasteiger partial charge in [0.25, 0.3) is 0 Å². The molecule has 3 nitrogen and oxygen atoms in total. The van der Waals surface area contributed by atoms with E-state index in [0.29, 0.717) is 5.57 Å². The fourth-order valence-corrected chi connectivity index (χ4v) is 0.873. The van der Waals surface area contributed by atoms with Crippen molar-refractivity contribution in [2.75, 3.05) is 27.7 Å². The molecule has 0 aromatic rings. The summed E-state index contributed by atoms with van der Waals surface area (Å²) in [6.07, 6.45) is 0.849. The summed E-state index contributed by atoms with van der Waals surface area (Å²) in [5.41, 5.74) is 1.45. The lowest BCUT2D eigenvalue weighted by Crippen LogP contribution is -2.35. The molecule has 0 fully saturated rings. The van der Waals surface area contributed by atoms with Gasteiger partial charge in [-0.3, -0.25) is 0 Å². The summed E-state index contributed by atoms with van der Waals surface area (Å²) in [5, 5.41) is 8.72. The lowest BCUT2D eigenvalue weighted by molar-refractivity contribution is -0.870. The van der Waals surface area contributed by atoms with Crippen molar-refractivity contribution in [1.29, 1.82) is 0 Å². The van der Waals surface area contributed by atoms with Crippen LogP contribution in [0.15, 0.2) is 11.1 Å². The minimum Gasteiger partial charge on any atom is -0.478 e. The Morgan fingerprint density at radius 2 is 1.69 bits per heavy atom. The van der Waals surface area contributed by atoms with Crippen molar-refractivity contribution in [3.8, 4) is 0 Å². The van der Waals surface area contributed by atoms with Crippen LogP contribution in [-0.2, 0) is 4.79 Å². The van der Waals surface area contributed by atoms with Gasteiger partial charge in [0.1, 0.15) is 0 Å². The van der Waals surface area contributed by atoms with Crippen LogP contribution in [0.3, 0.4) is 0 Å². The number of hydrogen-bond donors (Lipinski definition) is 1. The molecule has 0 heterocycles. The summed E-state index contributed by atoms with van der Waals surface area (Å²) in [7, 11) is 6.30. The standard InChI is InChI=1S/C10H19NO2/c1-8(9(2)10(12)13)6-7-11(3,4)5/h6-7H2,1-5H3/p+1. The molecule has 0 aromatic carbocycles. The quantitative estimate of drug-likeness (QED) is 0.533. The fraction of sp³-hybridized carbons (Fsp3) is 0.700. The highest BCUT2D eigenvalue weighted by Crippen LogP contribution is 2.09.